The molecule has 0 aliphatic heterocycles. The SMILES string of the molecule is CC(C)c1c(F)c(F)c(F)c(F)c1C(=O)OCC(COCC(COC(=O)c1c(F)c(F)c(F)c(F)c1C(C)C)(COC(=O)c1c(F)c(F)c(F)c(F)c1C(C)C)COC(=O)c1c(F)c(F)c(F)c(F)c1C(C)C)(COC(=O)c1c(F)c(F)c(F)c(F)c1C(C)C)COC(=O)c1c(F)c(F)c(F)c(F)c1C(C)C. The van der Waals surface area contributed by atoms with Crippen molar-refractivity contribution in [1.82, 2.24) is 0 Å². The van der Waals surface area contributed by atoms with Gasteiger partial charge in [-0.25, -0.2) is 134 Å². The summed E-state index contributed by atoms with van der Waals surface area (Å²) in [6.07, 6.45) is 0. The van der Waals surface area contributed by atoms with Gasteiger partial charge in [0.05, 0.1) is 24.0 Å². The summed E-state index contributed by atoms with van der Waals surface area (Å²) in [5, 5.41) is 0. The van der Waals surface area contributed by atoms with Gasteiger partial charge < -0.3 is 33.2 Å². The predicted octanol–water partition coefficient (Wildman–Crippen LogP) is 18.2. The maximum absolute atomic E-state index is 15.9. The topological polar surface area (TPSA) is 167 Å². The molecule has 37 heteroatoms. The standard InChI is InChI=1S/C70H58F24O13/c1-21(2)27-33(45(77)57(89)51(83)39(27)71)63(95)102-15-69(16-103-64(96)34-28(22(3)4)40(72)52(84)58(90)46(34)78,17-104-65(97)35-29(23(5)6)41(73)53(85)59(91)47(35)79)13-101-14-70(18-105-66(98)36-30(24(7)8)42(74)54(86)60(92)48(36)80,19-106-67(99)37-31(25(9)10)43(75)55(87)61(93)49(37)81)20-107-68(100)38-32(26(11)12)44(76)56(88)62(94)50(38)82/h21-26H,13-20H2,1-12H3. The molecule has 0 saturated carbocycles. The fourth-order valence-corrected chi connectivity index (χ4v) is 11.1. The van der Waals surface area contributed by atoms with E-state index in [-0.39, 0.29) is 0 Å². The molecule has 6 rings (SSSR count). The van der Waals surface area contributed by atoms with E-state index >= 15 is 79.0 Å². The van der Waals surface area contributed by atoms with E-state index in [1.54, 1.807) is 0 Å². The molecule has 0 atom stereocenters. The highest BCUT2D eigenvalue weighted by Crippen LogP contribution is 2.40. The molecule has 107 heavy (non-hydrogen) atoms. The average molecular weight is 1560 g/mol. The summed E-state index contributed by atoms with van der Waals surface area (Å²) in [6, 6.07) is 0. The Labute approximate surface area is 590 Å². The molecule has 0 heterocycles. The Hall–Kier alpha value is -9.58. The molecule has 0 aliphatic carbocycles. The van der Waals surface area contributed by atoms with E-state index in [0.29, 0.717) is 0 Å². The molecule has 0 fully saturated rings. The zero-order chi connectivity index (χ0) is 81.3. The minimum atomic E-state index is -3.41. The monoisotopic (exact) mass is 1560 g/mol. The molecule has 6 aromatic rings. The number of carbonyl (C=O) groups is 6. The van der Waals surface area contributed by atoms with Gasteiger partial charge >= 0.3 is 35.8 Å². The van der Waals surface area contributed by atoms with E-state index in [2.05, 4.69) is 0 Å². The van der Waals surface area contributed by atoms with Gasteiger partial charge in [-0.1, -0.05) is 83.1 Å². The molecule has 0 N–H and O–H groups in total. The third-order valence-electron chi connectivity index (χ3n) is 16.4. The molecule has 0 bridgehead atoms. The molecule has 0 spiro atoms. The van der Waals surface area contributed by atoms with E-state index in [0.717, 1.165) is 83.1 Å². The number of hydrogen-bond donors (Lipinski definition) is 0. The Morgan fingerprint density at radius 3 is 0.421 bits per heavy atom. The van der Waals surface area contributed by atoms with Crippen molar-refractivity contribution in [2.45, 2.75) is 119 Å². The number of halogens is 24. The van der Waals surface area contributed by atoms with Crippen LogP contribution in [-0.2, 0) is 33.2 Å². The summed E-state index contributed by atoms with van der Waals surface area (Å²) < 4.78 is 406. The van der Waals surface area contributed by atoms with Gasteiger partial charge in [-0.05, 0) is 35.5 Å². The third-order valence-corrected chi connectivity index (χ3v) is 16.4. The fraction of sp³-hybridized carbons (Fsp3) is 0.400. The lowest BCUT2D eigenvalue weighted by Crippen LogP contribution is -2.47. The Balaban J connectivity index is 1.71. The number of esters is 6. The van der Waals surface area contributed by atoms with Crippen LogP contribution in [0, 0.1) is 150 Å². The van der Waals surface area contributed by atoms with Gasteiger partial charge in [0.1, 0.15) is 73.0 Å². The van der Waals surface area contributed by atoms with Crippen LogP contribution < -0.4 is 0 Å². The Bertz CT molecular complexity index is 3850. The normalized spacial score (nSPS) is 12.1. The van der Waals surface area contributed by atoms with Crippen molar-refractivity contribution in [2.24, 2.45) is 10.8 Å². The van der Waals surface area contributed by atoms with Crippen LogP contribution in [0.1, 0.15) is 214 Å². The van der Waals surface area contributed by atoms with Gasteiger partial charge in [-0.3, -0.25) is 0 Å². The van der Waals surface area contributed by atoms with Crippen LogP contribution in [0.5, 0.6) is 0 Å². The van der Waals surface area contributed by atoms with Crippen molar-refractivity contribution in [2.75, 3.05) is 52.9 Å². The lowest BCUT2D eigenvalue weighted by atomic mass is 9.89. The van der Waals surface area contributed by atoms with Crippen molar-refractivity contribution in [3.8, 4) is 0 Å². The van der Waals surface area contributed by atoms with Crippen molar-refractivity contribution in [1.29, 1.82) is 0 Å². The van der Waals surface area contributed by atoms with E-state index in [1.165, 1.54) is 0 Å². The Kier molecular flexibility index (Phi) is 27.2. The quantitative estimate of drug-likeness (QED) is 0.0150. The summed E-state index contributed by atoms with van der Waals surface area (Å²) in [7, 11) is 0. The number of rotatable bonds is 28. The van der Waals surface area contributed by atoms with Crippen LogP contribution >= 0.6 is 0 Å². The van der Waals surface area contributed by atoms with Crippen LogP contribution in [0.25, 0.3) is 0 Å². The molecule has 0 radical (unpaired) electrons. The Morgan fingerprint density at radius 1 is 0.196 bits per heavy atom. The first-order chi connectivity index (χ1) is 49.5. The van der Waals surface area contributed by atoms with Gasteiger partial charge in [0.15, 0.2) is 140 Å². The van der Waals surface area contributed by atoms with Crippen molar-refractivity contribution < 1.29 is 167 Å². The highest BCUT2D eigenvalue weighted by molar-refractivity contribution is 5.95. The number of ether oxygens (including phenoxy) is 7. The summed E-state index contributed by atoms with van der Waals surface area (Å²) in [5.74, 6) is -84.9. The lowest BCUT2D eigenvalue weighted by molar-refractivity contribution is -0.112. The van der Waals surface area contributed by atoms with Gasteiger partial charge in [0, 0.05) is 33.4 Å². The second-order valence-corrected chi connectivity index (χ2v) is 26.1. The first kappa shape index (κ1) is 86.3. The minimum absolute atomic E-state index is 0.931. The second-order valence-electron chi connectivity index (χ2n) is 26.1. The van der Waals surface area contributed by atoms with Crippen LogP contribution in [0.3, 0.4) is 0 Å². The summed E-state index contributed by atoms with van der Waals surface area (Å²) in [6.45, 7) is -5.19. The molecule has 584 valence electrons. The van der Waals surface area contributed by atoms with E-state index < -0.39 is 341 Å². The molecule has 6 aromatic carbocycles. The van der Waals surface area contributed by atoms with Crippen LogP contribution in [0.2, 0.25) is 0 Å². The fourth-order valence-electron chi connectivity index (χ4n) is 11.1. The maximum atomic E-state index is 15.9. The second kappa shape index (κ2) is 33.7. The van der Waals surface area contributed by atoms with Gasteiger partial charge in [-0.2, -0.15) is 0 Å². The molecule has 13 nitrogen and oxygen atoms in total. The number of benzene rings is 6. The highest BCUT2D eigenvalue weighted by Gasteiger charge is 2.46. The van der Waals surface area contributed by atoms with Crippen molar-refractivity contribution in [3.63, 3.8) is 0 Å². The molecular weight excluding hydrogens is 1500 g/mol. The minimum Gasteiger partial charge on any atom is -0.461 e. The average Bonchev–Trinajstić information content (AvgIpc) is 0.800. The summed E-state index contributed by atoms with van der Waals surface area (Å²) in [5.41, 5.74) is -26.3. The molecule has 0 aromatic heterocycles. The zero-order valence-corrected chi connectivity index (χ0v) is 57.5. The molecule has 0 amide bonds. The number of hydrogen-bond acceptors (Lipinski definition) is 13. The van der Waals surface area contributed by atoms with E-state index in [4.69, 9.17) is 33.2 Å². The molecule has 0 saturated heterocycles. The van der Waals surface area contributed by atoms with Crippen LogP contribution in [-0.4, -0.2) is 88.7 Å². The third kappa shape index (κ3) is 16.8. The molecule has 0 unspecified atom stereocenters. The highest BCUT2D eigenvalue weighted by atomic mass is 19.2. The van der Waals surface area contributed by atoms with Gasteiger partial charge in [-0.15, -0.1) is 0 Å². The summed E-state index contributed by atoms with van der Waals surface area (Å²) >= 11 is 0. The maximum Gasteiger partial charge on any atom is 0.341 e. The van der Waals surface area contributed by atoms with Crippen LogP contribution in [0.15, 0.2) is 0 Å². The van der Waals surface area contributed by atoms with Crippen molar-refractivity contribution in [3.05, 3.63) is 206 Å². The largest absolute Gasteiger partial charge is 0.461 e. The zero-order valence-electron chi connectivity index (χ0n) is 57.5. The van der Waals surface area contributed by atoms with E-state index in [1.807, 2.05) is 0 Å². The van der Waals surface area contributed by atoms with Gasteiger partial charge in [0.2, 0.25) is 0 Å². The Morgan fingerprint density at radius 2 is 0.308 bits per heavy atom. The van der Waals surface area contributed by atoms with Gasteiger partial charge in [0.25, 0.3) is 0 Å². The predicted molar refractivity (Wildman–Crippen MR) is 320 cm³/mol. The van der Waals surface area contributed by atoms with Crippen LogP contribution in [0.4, 0.5) is 105 Å². The van der Waals surface area contributed by atoms with E-state index in [9.17, 15) is 55.1 Å². The smallest absolute Gasteiger partial charge is 0.341 e. The van der Waals surface area contributed by atoms with Crippen molar-refractivity contribution >= 4 is 35.8 Å². The first-order valence-corrected chi connectivity index (χ1v) is 31.3. The lowest BCUT2D eigenvalue weighted by Gasteiger charge is -2.36. The molecular formula is C70H58F24O13. The molecule has 0 aliphatic rings. The first-order valence-electron chi connectivity index (χ1n) is 31.3. The number of carbonyl (C=O) groups excluding carboxylic acids is 6. The summed E-state index contributed by atoms with van der Waals surface area (Å²) in [4.78, 5) is 85.5.